The fourth-order valence-corrected chi connectivity index (χ4v) is 2.66. The summed E-state index contributed by atoms with van der Waals surface area (Å²) < 4.78 is 145. The summed E-state index contributed by atoms with van der Waals surface area (Å²) in [6.45, 7) is -5.55. The van der Waals surface area contributed by atoms with E-state index in [0.29, 0.717) is 19.3 Å². The molecule has 1 aliphatic carbocycles. The van der Waals surface area contributed by atoms with Gasteiger partial charge in [-0.2, -0.15) is 43.5 Å². The Kier molecular flexibility index (Phi) is 8.27. The fourth-order valence-electron chi connectivity index (χ4n) is 2.45. The van der Waals surface area contributed by atoms with Crippen LogP contribution in [0.2, 0.25) is 0 Å². The van der Waals surface area contributed by atoms with Crippen LogP contribution >= 0.6 is 0 Å². The van der Waals surface area contributed by atoms with Crippen molar-refractivity contribution in [2.45, 2.75) is 55.5 Å². The molecule has 0 aromatic rings. The Labute approximate surface area is 169 Å². The number of hydrogen-bond donors (Lipinski definition) is 1. The van der Waals surface area contributed by atoms with E-state index in [9.17, 15) is 53.1 Å². The van der Waals surface area contributed by atoms with Crippen LogP contribution in [0, 0.1) is 5.92 Å². The van der Waals surface area contributed by atoms with E-state index in [2.05, 4.69) is 14.2 Å². The molecule has 1 N–H and O–H groups in total. The maximum atomic E-state index is 13.6. The van der Waals surface area contributed by atoms with Gasteiger partial charge in [-0.3, -0.25) is 9.35 Å². The van der Waals surface area contributed by atoms with Crippen molar-refractivity contribution in [2.75, 3.05) is 13.2 Å². The highest BCUT2D eigenvalue weighted by Crippen LogP contribution is 2.40. The fraction of sp³-hybridized carbons (Fsp3) is 0.857. The lowest BCUT2D eigenvalue weighted by Crippen LogP contribution is -2.60. The number of carbonyl (C=O) groups is 2. The Hall–Kier alpha value is -1.75. The van der Waals surface area contributed by atoms with Gasteiger partial charge in [-0.15, -0.1) is 0 Å². The van der Waals surface area contributed by atoms with E-state index < -0.39 is 64.6 Å². The summed E-state index contributed by atoms with van der Waals surface area (Å²) in [5, 5.41) is -5.45. The van der Waals surface area contributed by atoms with E-state index in [4.69, 9.17) is 4.55 Å². The predicted octanol–water partition coefficient (Wildman–Crippen LogP) is 2.97. The summed E-state index contributed by atoms with van der Waals surface area (Å²) in [5.74, 6) is -11.3. The molecule has 0 bridgehead atoms. The molecule has 1 rings (SSSR count). The molecule has 1 unspecified atom stereocenters. The van der Waals surface area contributed by atoms with Crippen LogP contribution in [0.4, 0.5) is 35.1 Å². The summed E-state index contributed by atoms with van der Waals surface area (Å²) in [6.07, 6.45) is -10.4. The van der Waals surface area contributed by atoms with Gasteiger partial charge in [0.05, 0.1) is 5.92 Å². The number of esters is 2. The number of rotatable bonds is 8. The number of halogens is 8. The molecule has 0 amide bonds. The maximum absolute atomic E-state index is 13.6. The van der Waals surface area contributed by atoms with E-state index in [1.165, 1.54) is 0 Å². The van der Waals surface area contributed by atoms with Gasteiger partial charge < -0.3 is 14.2 Å². The van der Waals surface area contributed by atoms with Crippen molar-refractivity contribution in [3.63, 3.8) is 0 Å². The summed E-state index contributed by atoms with van der Waals surface area (Å²) >= 11 is 0. The summed E-state index contributed by atoms with van der Waals surface area (Å²) in [7, 11) is -6.38. The van der Waals surface area contributed by atoms with Gasteiger partial charge >= 0.3 is 45.5 Å². The molecule has 182 valence electrons. The minimum atomic E-state index is -6.38. The lowest BCUT2D eigenvalue weighted by atomic mass is 9.89. The quantitative estimate of drug-likeness (QED) is 0.236. The lowest BCUT2D eigenvalue weighted by molar-refractivity contribution is -0.363. The van der Waals surface area contributed by atoms with Crippen LogP contribution in [0.15, 0.2) is 0 Å². The monoisotopic (exact) mass is 496 g/mol. The Morgan fingerprint density at radius 3 is 1.84 bits per heavy atom. The molecule has 17 heteroatoms. The van der Waals surface area contributed by atoms with Crippen LogP contribution in [-0.2, 0) is 33.9 Å². The SMILES string of the molecule is O=C(OC(OCC(F)(F)S(=O)(=O)O)(C(=O)OCC(F)(F)F)C(F)(F)F)C1CCCCC1. The normalized spacial score (nSPS) is 18.9. The van der Waals surface area contributed by atoms with Crippen LogP contribution in [0.3, 0.4) is 0 Å². The standard InChI is InChI=1S/C14H16F8O8S/c15-11(16,17)6-28-10(24)13(14(20,21)22,29-7-12(18,19)31(25,26)27)30-9(23)8-4-2-1-3-5-8/h8H,1-7H2,(H,25,26,27). The van der Waals surface area contributed by atoms with Gasteiger partial charge in [0.15, 0.2) is 6.61 Å². The maximum Gasteiger partial charge on any atom is 0.468 e. The third-order valence-corrected chi connectivity index (χ3v) is 4.89. The Morgan fingerprint density at radius 2 is 1.42 bits per heavy atom. The highest BCUT2D eigenvalue weighted by molar-refractivity contribution is 7.86. The minimum absolute atomic E-state index is 0.0362. The number of ether oxygens (including phenoxy) is 3. The predicted molar refractivity (Wildman–Crippen MR) is 80.9 cm³/mol. The zero-order valence-corrected chi connectivity index (χ0v) is 16.1. The first-order valence-electron chi connectivity index (χ1n) is 8.35. The van der Waals surface area contributed by atoms with Crippen molar-refractivity contribution >= 4 is 22.1 Å². The van der Waals surface area contributed by atoms with Crippen molar-refractivity contribution in [2.24, 2.45) is 5.92 Å². The van der Waals surface area contributed by atoms with Gasteiger partial charge in [-0.1, -0.05) is 19.3 Å². The second-order valence-electron chi connectivity index (χ2n) is 6.46. The summed E-state index contributed by atoms with van der Waals surface area (Å²) in [5.41, 5.74) is 0. The van der Waals surface area contributed by atoms with E-state index in [1.807, 2.05) is 0 Å². The largest absolute Gasteiger partial charge is 0.468 e. The van der Waals surface area contributed by atoms with E-state index in [0.717, 1.165) is 0 Å². The second-order valence-corrected chi connectivity index (χ2v) is 8.01. The highest BCUT2D eigenvalue weighted by atomic mass is 32.2. The van der Waals surface area contributed by atoms with Gasteiger partial charge in [-0.25, -0.2) is 4.79 Å². The van der Waals surface area contributed by atoms with Gasteiger partial charge in [0, 0.05) is 0 Å². The molecular formula is C14H16F8O8S. The van der Waals surface area contributed by atoms with Crippen molar-refractivity contribution in [3.8, 4) is 0 Å². The van der Waals surface area contributed by atoms with Gasteiger partial charge in [-0.05, 0) is 12.8 Å². The molecule has 31 heavy (non-hydrogen) atoms. The zero-order valence-electron chi connectivity index (χ0n) is 15.3. The molecule has 1 aliphatic rings. The van der Waals surface area contributed by atoms with Crippen LogP contribution in [0.25, 0.3) is 0 Å². The van der Waals surface area contributed by atoms with Gasteiger partial charge in [0.25, 0.3) is 0 Å². The van der Waals surface area contributed by atoms with Gasteiger partial charge in [0.2, 0.25) is 0 Å². The third-order valence-electron chi connectivity index (χ3n) is 4.01. The van der Waals surface area contributed by atoms with Crippen LogP contribution in [0.1, 0.15) is 32.1 Å². The van der Waals surface area contributed by atoms with E-state index in [1.54, 1.807) is 0 Å². The molecule has 0 radical (unpaired) electrons. The minimum Gasteiger partial charge on any atom is -0.451 e. The molecule has 0 aliphatic heterocycles. The lowest BCUT2D eigenvalue weighted by Gasteiger charge is -2.34. The van der Waals surface area contributed by atoms with Crippen molar-refractivity contribution in [1.82, 2.24) is 0 Å². The highest BCUT2D eigenvalue weighted by Gasteiger charge is 2.69. The summed E-state index contributed by atoms with van der Waals surface area (Å²) in [6, 6.07) is 0. The van der Waals surface area contributed by atoms with Crippen molar-refractivity contribution in [1.29, 1.82) is 0 Å². The Balaban J connectivity index is 3.33. The first-order chi connectivity index (χ1) is 13.8. The smallest absolute Gasteiger partial charge is 0.451 e. The molecular weight excluding hydrogens is 480 g/mol. The van der Waals surface area contributed by atoms with Crippen LogP contribution in [-0.4, -0.2) is 61.5 Å². The molecule has 1 saturated carbocycles. The van der Waals surface area contributed by atoms with Crippen LogP contribution in [0.5, 0.6) is 0 Å². The molecule has 0 aromatic carbocycles. The second kappa shape index (κ2) is 9.40. The number of hydrogen-bond acceptors (Lipinski definition) is 7. The first kappa shape index (κ1) is 27.3. The average molecular weight is 496 g/mol. The van der Waals surface area contributed by atoms with Crippen molar-refractivity contribution in [3.05, 3.63) is 0 Å². The van der Waals surface area contributed by atoms with E-state index in [-0.39, 0.29) is 12.8 Å². The molecule has 0 aromatic heterocycles. The van der Waals surface area contributed by atoms with Crippen LogP contribution < -0.4 is 0 Å². The number of carbonyl (C=O) groups excluding carboxylic acids is 2. The zero-order chi connectivity index (χ0) is 24.3. The molecule has 0 saturated heterocycles. The van der Waals surface area contributed by atoms with Crippen molar-refractivity contribution < 1.29 is 71.9 Å². The topological polar surface area (TPSA) is 116 Å². The number of alkyl halides is 8. The molecule has 0 spiro atoms. The third kappa shape index (κ3) is 7.13. The Morgan fingerprint density at radius 1 is 0.903 bits per heavy atom. The molecule has 1 atom stereocenters. The summed E-state index contributed by atoms with van der Waals surface area (Å²) in [4.78, 5) is 23.9. The Bertz CT molecular complexity index is 757. The first-order valence-corrected chi connectivity index (χ1v) is 9.79. The molecule has 1 fully saturated rings. The van der Waals surface area contributed by atoms with E-state index >= 15 is 0 Å². The molecule has 8 nitrogen and oxygen atoms in total. The average Bonchev–Trinajstić information content (AvgIpc) is 2.61. The molecule has 0 heterocycles. The van der Waals surface area contributed by atoms with Gasteiger partial charge in [0.1, 0.15) is 6.61 Å².